The van der Waals surface area contributed by atoms with Crippen LogP contribution in [0.4, 0.5) is 0 Å². The number of hydrogen-bond donors (Lipinski definition) is 1. The molecule has 94 valence electrons. The van der Waals surface area contributed by atoms with Crippen LogP contribution >= 0.6 is 0 Å². The minimum Gasteiger partial charge on any atom is -0.327 e. The van der Waals surface area contributed by atoms with Crippen LogP contribution in [-0.2, 0) is 12.8 Å². The maximum absolute atomic E-state index is 6.20. The minimum absolute atomic E-state index is 0.149. The number of nitrogens with two attached hydrogens (primary N) is 1. The van der Waals surface area contributed by atoms with Crippen LogP contribution in [0.25, 0.3) is 0 Å². The van der Waals surface area contributed by atoms with Gasteiger partial charge in [-0.1, -0.05) is 24.3 Å². The summed E-state index contributed by atoms with van der Waals surface area (Å²) in [7, 11) is 0. The summed E-state index contributed by atoms with van der Waals surface area (Å²) < 4.78 is 0. The third-order valence-electron chi connectivity index (χ3n) is 3.29. The van der Waals surface area contributed by atoms with Gasteiger partial charge < -0.3 is 5.73 Å². The van der Waals surface area contributed by atoms with E-state index < -0.39 is 0 Å². The number of aromatic nitrogens is 1. The van der Waals surface area contributed by atoms with Gasteiger partial charge in [0, 0.05) is 18.4 Å². The summed E-state index contributed by atoms with van der Waals surface area (Å²) in [5.74, 6) is 0. The molecular weight excluding hydrogens is 220 g/mol. The molecule has 0 radical (unpaired) electrons. The van der Waals surface area contributed by atoms with Gasteiger partial charge in [0.2, 0.25) is 0 Å². The van der Waals surface area contributed by atoms with Crippen LogP contribution in [0.1, 0.15) is 22.3 Å². The Hall–Kier alpha value is -1.67. The van der Waals surface area contributed by atoms with Gasteiger partial charge in [-0.2, -0.15) is 0 Å². The summed E-state index contributed by atoms with van der Waals surface area (Å²) >= 11 is 0. The maximum atomic E-state index is 6.20. The van der Waals surface area contributed by atoms with Crippen molar-refractivity contribution in [2.45, 2.75) is 32.7 Å². The number of nitrogens with zero attached hydrogens (tertiary/aromatic N) is 1. The zero-order valence-electron chi connectivity index (χ0n) is 11.1. The zero-order chi connectivity index (χ0) is 13.0. The molecule has 18 heavy (non-hydrogen) atoms. The van der Waals surface area contributed by atoms with Crippen molar-refractivity contribution in [2.24, 2.45) is 5.73 Å². The number of pyridine rings is 1. The predicted molar refractivity (Wildman–Crippen MR) is 75.5 cm³/mol. The van der Waals surface area contributed by atoms with Gasteiger partial charge in [0.15, 0.2) is 0 Å². The molecule has 0 spiro atoms. The second-order valence-corrected chi connectivity index (χ2v) is 4.95. The third kappa shape index (κ3) is 3.41. The lowest BCUT2D eigenvalue weighted by molar-refractivity contribution is 0.663. The highest BCUT2D eigenvalue weighted by Crippen LogP contribution is 2.12. The van der Waals surface area contributed by atoms with Crippen LogP contribution in [0.2, 0.25) is 0 Å². The topological polar surface area (TPSA) is 38.9 Å². The van der Waals surface area contributed by atoms with Crippen molar-refractivity contribution in [1.82, 2.24) is 4.98 Å². The van der Waals surface area contributed by atoms with Crippen molar-refractivity contribution in [3.8, 4) is 0 Å². The lowest BCUT2D eigenvalue weighted by atomic mass is 9.98. The molecule has 0 bridgehead atoms. The Kier molecular flexibility index (Phi) is 4.11. The second kappa shape index (κ2) is 5.78. The third-order valence-corrected chi connectivity index (χ3v) is 3.29. The largest absolute Gasteiger partial charge is 0.327 e. The Balaban J connectivity index is 1.99. The van der Waals surface area contributed by atoms with E-state index in [1.165, 1.54) is 22.3 Å². The summed E-state index contributed by atoms with van der Waals surface area (Å²) in [6, 6.07) is 10.8. The summed E-state index contributed by atoms with van der Waals surface area (Å²) in [5.41, 5.74) is 11.4. The Bertz CT molecular complexity index is 506. The molecule has 0 fully saturated rings. The molecule has 0 aliphatic carbocycles. The van der Waals surface area contributed by atoms with E-state index in [-0.39, 0.29) is 6.04 Å². The quantitative estimate of drug-likeness (QED) is 0.892. The zero-order valence-corrected chi connectivity index (χ0v) is 11.1. The van der Waals surface area contributed by atoms with E-state index in [1.54, 1.807) is 6.20 Å². The van der Waals surface area contributed by atoms with Crippen LogP contribution < -0.4 is 5.73 Å². The maximum Gasteiger partial charge on any atom is 0.0300 e. The summed E-state index contributed by atoms with van der Waals surface area (Å²) in [6.45, 7) is 4.28. The molecule has 0 aliphatic heterocycles. The molecule has 2 aromatic rings. The fraction of sp³-hybridized carbons (Fsp3) is 0.312. The summed E-state index contributed by atoms with van der Waals surface area (Å²) in [6.07, 6.45) is 5.47. The van der Waals surface area contributed by atoms with E-state index in [9.17, 15) is 0 Å². The monoisotopic (exact) mass is 240 g/mol. The molecule has 0 saturated heterocycles. The molecule has 1 aromatic heterocycles. The van der Waals surface area contributed by atoms with Gasteiger partial charge in [0.1, 0.15) is 0 Å². The average Bonchev–Trinajstić information content (AvgIpc) is 2.35. The van der Waals surface area contributed by atoms with Crippen LogP contribution in [0.5, 0.6) is 0 Å². The standard InChI is InChI=1S/C16H20N2/c1-12-5-6-14(8-13(12)2)9-16(17)10-15-4-3-7-18-11-15/h3-8,11,16H,9-10,17H2,1-2H3. The number of hydrogen-bond acceptors (Lipinski definition) is 2. The fourth-order valence-electron chi connectivity index (χ4n) is 2.13. The Morgan fingerprint density at radius 1 is 1.06 bits per heavy atom. The Morgan fingerprint density at radius 2 is 1.83 bits per heavy atom. The highest BCUT2D eigenvalue weighted by Gasteiger charge is 2.06. The van der Waals surface area contributed by atoms with E-state index in [0.29, 0.717) is 0 Å². The molecule has 1 atom stereocenters. The van der Waals surface area contributed by atoms with Crippen molar-refractivity contribution < 1.29 is 0 Å². The molecule has 1 heterocycles. The van der Waals surface area contributed by atoms with Gasteiger partial charge in [-0.05, 0) is 55.0 Å². The summed E-state index contributed by atoms with van der Waals surface area (Å²) in [4.78, 5) is 4.11. The van der Waals surface area contributed by atoms with Crippen molar-refractivity contribution >= 4 is 0 Å². The molecule has 1 unspecified atom stereocenters. The highest BCUT2D eigenvalue weighted by atomic mass is 14.6. The molecule has 2 nitrogen and oxygen atoms in total. The fourth-order valence-corrected chi connectivity index (χ4v) is 2.13. The molecule has 2 heteroatoms. The van der Waals surface area contributed by atoms with Crippen molar-refractivity contribution in [3.05, 3.63) is 65.0 Å². The van der Waals surface area contributed by atoms with E-state index in [0.717, 1.165) is 12.8 Å². The molecular formula is C16H20N2. The van der Waals surface area contributed by atoms with Gasteiger partial charge in [0.25, 0.3) is 0 Å². The first kappa shape index (κ1) is 12.8. The average molecular weight is 240 g/mol. The van der Waals surface area contributed by atoms with Gasteiger partial charge in [0.05, 0.1) is 0 Å². The second-order valence-electron chi connectivity index (χ2n) is 4.95. The molecule has 0 aliphatic rings. The van der Waals surface area contributed by atoms with Gasteiger partial charge in [-0.25, -0.2) is 0 Å². The highest BCUT2D eigenvalue weighted by molar-refractivity contribution is 5.30. The van der Waals surface area contributed by atoms with E-state index in [1.807, 2.05) is 12.3 Å². The van der Waals surface area contributed by atoms with Crippen molar-refractivity contribution in [3.63, 3.8) is 0 Å². The smallest absolute Gasteiger partial charge is 0.0300 e. The van der Waals surface area contributed by atoms with E-state index >= 15 is 0 Å². The molecule has 2 N–H and O–H groups in total. The molecule has 2 rings (SSSR count). The van der Waals surface area contributed by atoms with Crippen molar-refractivity contribution in [2.75, 3.05) is 0 Å². The van der Waals surface area contributed by atoms with Crippen molar-refractivity contribution in [1.29, 1.82) is 0 Å². The van der Waals surface area contributed by atoms with Gasteiger partial charge >= 0.3 is 0 Å². The Labute approximate surface area is 109 Å². The number of rotatable bonds is 4. The number of benzene rings is 1. The normalized spacial score (nSPS) is 12.4. The minimum atomic E-state index is 0.149. The SMILES string of the molecule is Cc1ccc(CC(N)Cc2cccnc2)cc1C. The molecule has 0 saturated carbocycles. The van der Waals surface area contributed by atoms with Gasteiger partial charge in [-0.15, -0.1) is 0 Å². The molecule has 1 aromatic carbocycles. The van der Waals surface area contributed by atoms with Crippen LogP contribution in [-0.4, -0.2) is 11.0 Å². The lowest BCUT2D eigenvalue weighted by Gasteiger charge is -2.12. The first-order chi connectivity index (χ1) is 8.65. The van der Waals surface area contributed by atoms with Crippen LogP contribution in [0.3, 0.4) is 0 Å². The van der Waals surface area contributed by atoms with Gasteiger partial charge in [-0.3, -0.25) is 4.98 Å². The first-order valence-electron chi connectivity index (χ1n) is 6.36. The lowest BCUT2D eigenvalue weighted by Crippen LogP contribution is -2.25. The first-order valence-corrected chi connectivity index (χ1v) is 6.36. The summed E-state index contributed by atoms with van der Waals surface area (Å²) in [5, 5.41) is 0. The predicted octanol–water partition coefficient (Wildman–Crippen LogP) is 2.81. The van der Waals surface area contributed by atoms with E-state index in [4.69, 9.17) is 5.73 Å². The molecule has 0 amide bonds. The van der Waals surface area contributed by atoms with E-state index in [2.05, 4.69) is 43.1 Å². The Morgan fingerprint density at radius 3 is 2.50 bits per heavy atom. The van der Waals surface area contributed by atoms with Crippen LogP contribution in [0.15, 0.2) is 42.7 Å². The van der Waals surface area contributed by atoms with Crippen LogP contribution in [0, 0.1) is 13.8 Å². The number of aryl methyl sites for hydroxylation is 2.